The van der Waals surface area contributed by atoms with E-state index in [1.807, 2.05) is 25.3 Å². The third-order valence-electron chi connectivity index (χ3n) is 6.13. The summed E-state index contributed by atoms with van der Waals surface area (Å²) in [5, 5.41) is 8.99. The highest BCUT2D eigenvalue weighted by Gasteiger charge is 2.32. The van der Waals surface area contributed by atoms with Gasteiger partial charge in [-0.1, -0.05) is 25.1 Å². The molecule has 2 aliphatic rings. The van der Waals surface area contributed by atoms with Crippen LogP contribution in [0.25, 0.3) is 0 Å². The van der Waals surface area contributed by atoms with Gasteiger partial charge in [0.25, 0.3) is 5.91 Å². The maximum atomic E-state index is 13.3. The molecule has 33 heavy (non-hydrogen) atoms. The summed E-state index contributed by atoms with van der Waals surface area (Å²) >= 11 is 1.66. The predicted molar refractivity (Wildman–Crippen MR) is 123 cm³/mol. The van der Waals surface area contributed by atoms with Crippen LogP contribution in [-0.4, -0.2) is 35.3 Å². The first-order valence-electron chi connectivity index (χ1n) is 11.1. The van der Waals surface area contributed by atoms with E-state index in [1.165, 1.54) is 21.3 Å². The molecule has 3 heterocycles. The first-order valence-corrected chi connectivity index (χ1v) is 13.4. The van der Waals surface area contributed by atoms with E-state index in [1.54, 1.807) is 23.5 Å². The molecule has 174 valence electrons. The van der Waals surface area contributed by atoms with Crippen LogP contribution in [0.4, 0.5) is 0 Å². The molecule has 1 atom stereocenters. The number of hydrogen-bond donors (Lipinski definition) is 1. The average molecular weight is 487 g/mol. The second-order valence-electron chi connectivity index (χ2n) is 8.95. The van der Waals surface area contributed by atoms with E-state index in [9.17, 15) is 13.2 Å². The number of carbonyl (C=O) groups is 1. The van der Waals surface area contributed by atoms with Gasteiger partial charge in [0.15, 0.2) is 5.82 Å². The summed E-state index contributed by atoms with van der Waals surface area (Å²) in [7, 11) is -3.72. The highest BCUT2D eigenvalue weighted by molar-refractivity contribution is 7.89. The fourth-order valence-corrected chi connectivity index (χ4v) is 6.35. The highest BCUT2D eigenvalue weighted by Crippen LogP contribution is 2.38. The summed E-state index contributed by atoms with van der Waals surface area (Å²) in [6.45, 7) is 4.71. The summed E-state index contributed by atoms with van der Waals surface area (Å²) < 4.78 is 33.5. The number of thiophene rings is 1. The van der Waals surface area contributed by atoms with Crippen LogP contribution < -0.4 is 5.32 Å². The molecule has 2 aromatic heterocycles. The van der Waals surface area contributed by atoms with E-state index < -0.39 is 16.1 Å². The van der Waals surface area contributed by atoms with Gasteiger partial charge >= 0.3 is 0 Å². The molecule has 1 aliphatic heterocycles. The lowest BCUT2D eigenvalue weighted by molar-refractivity contribution is 0.0913. The Morgan fingerprint density at radius 2 is 2.09 bits per heavy atom. The minimum atomic E-state index is -3.72. The van der Waals surface area contributed by atoms with Gasteiger partial charge in [-0.2, -0.15) is 9.29 Å². The van der Waals surface area contributed by atoms with Crippen molar-refractivity contribution in [2.75, 3.05) is 6.54 Å². The third-order valence-corrected chi connectivity index (χ3v) is 8.99. The molecule has 8 nitrogen and oxygen atoms in total. The van der Waals surface area contributed by atoms with Gasteiger partial charge < -0.3 is 9.84 Å². The predicted octanol–water partition coefficient (Wildman–Crippen LogP) is 3.88. The maximum Gasteiger partial charge on any atom is 0.251 e. The zero-order valence-corrected chi connectivity index (χ0v) is 20.2. The summed E-state index contributed by atoms with van der Waals surface area (Å²) in [4.78, 5) is 18.9. The largest absolute Gasteiger partial charge is 0.340 e. The van der Waals surface area contributed by atoms with E-state index in [0.29, 0.717) is 37.1 Å². The first kappa shape index (κ1) is 22.2. The molecule has 1 fully saturated rings. The summed E-state index contributed by atoms with van der Waals surface area (Å²) in [5.41, 5.74) is 1.32. The van der Waals surface area contributed by atoms with Crippen LogP contribution in [0.1, 0.15) is 71.2 Å². The lowest BCUT2D eigenvalue weighted by Crippen LogP contribution is -2.35. The van der Waals surface area contributed by atoms with Crippen molar-refractivity contribution in [2.24, 2.45) is 5.92 Å². The topological polar surface area (TPSA) is 105 Å². The normalized spacial score (nSPS) is 17.7. The van der Waals surface area contributed by atoms with E-state index in [4.69, 9.17) is 4.52 Å². The molecule has 5 rings (SSSR count). The van der Waals surface area contributed by atoms with E-state index >= 15 is 0 Å². The molecule has 0 radical (unpaired) electrons. The number of aromatic nitrogens is 2. The van der Waals surface area contributed by atoms with Gasteiger partial charge in [0.1, 0.15) is 6.04 Å². The lowest BCUT2D eigenvalue weighted by Gasteiger charge is -2.26. The summed E-state index contributed by atoms with van der Waals surface area (Å²) in [6, 6.07) is 7.71. The number of sulfonamides is 1. The fourth-order valence-electron chi connectivity index (χ4n) is 3.99. The van der Waals surface area contributed by atoms with Crippen molar-refractivity contribution < 1.29 is 17.7 Å². The molecule has 1 aromatic carbocycles. The standard InChI is InChI=1S/C23H26N4O4S2/c1-14(2)20(23-25-21(26-31-23)15-6-7-15)24-22(28)16-4-3-5-18(12-16)33(29,30)27-10-8-19-17(13-27)9-11-32-19/h3-5,9,11-12,14-15,20H,6-8,10,13H2,1-2H3,(H,24,28). The van der Waals surface area contributed by atoms with Crippen LogP contribution in [0, 0.1) is 5.92 Å². The lowest BCUT2D eigenvalue weighted by atomic mass is 10.0. The van der Waals surface area contributed by atoms with Crippen molar-refractivity contribution in [2.45, 2.75) is 56.5 Å². The van der Waals surface area contributed by atoms with Crippen LogP contribution in [0.5, 0.6) is 0 Å². The molecule has 1 unspecified atom stereocenters. The molecular formula is C23H26N4O4S2. The Bertz CT molecular complexity index is 1280. The Labute approximate surface area is 197 Å². The van der Waals surface area contributed by atoms with Crippen molar-refractivity contribution in [3.8, 4) is 0 Å². The quantitative estimate of drug-likeness (QED) is 0.543. The zero-order chi connectivity index (χ0) is 23.2. The van der Waals surface area contributed by atoms with Crippen molar-refractivity contribution in [3.63, 3.8) is 0 Å². The molecule has 3 aromatic rings. The van der Waals surface area contributed by atoms with Crippen LogP contribution in [0.2, 0.25) is 0 Å². The Hall–Kier alpha value is -2.56. The minimum Gasteiger partial charge on any atom is -0.340 e. The molecule has 1 amide bonds. The maximum absolute atomic E-state index is 13.3. The molecule has 1 saturated carbocycles. The molecule has 0 spiro atoms. The van der Waals surface area contributed by atoms with Crippen molar-refractivity contribution in [1.29, 1.82) is 0 Å². The Kier molecular flexibility index (Phi) is 5.84. The van der Waals surface area contributed by atoms with Gasteiger partial charge in [-0.3, -0.25) is 4.79 Å². The molecule has 0 saturated heterocycles. The van der Waals surface area contributed by atoms with E-state index in [2.05, 4.69) is 15.5 Å². The number of amides is 1. The third kappa shape index (κ3) is 4.47. The number of carbonyl (C=O) groups excluding carboxylic acids is 1. The monoisotopic (exact) mass is 486 g/mol. The fraction of sp³-hybridized carbons (Fsp3) is 0.435. The van der Waals surface area contributed by atoms with Gasteiger partial charge in [0.2, 0.25) is 15.9 Å². The number of hydrogen-bond acceptors (Lipinski definition) is 7. The van der Waals surface area contributed by atoms with Crippen LogP contribution in [-0.2, 0) is 23.0 Å². The van der Waals surface area contributed by atoms with Crippen LogP contribution in [0.3, 0.4) is 0 Å². The number of fused-ring (bicyclic) bond motifs is 1. The second-order valence-corrected chi connectivity index (χ2v) is 11.9. The van der Waals surface area contributed by atoms with Crippen LogP contribution >= 0.6 is 11.3 Å². The van der Waals surface area contributed by atoms with Gasteiger partial charge in [-0.15, -0.1) is 11.3 Å². The van der Waals surface area contributed by atoms with Crippen molar-refractivity contribution in [1.82, 2.24) is 19.8 Å². The van der Waals surface area contributed by atoms with Crippen LogP contribution in [0.15, 0.2) is 45.1 Å². The first-order chi connectivity index (χ1) is 15.8. The van der Waals surface area contributed by atoms with Gasteiger partial charge in [0.05, 0.1) is 4.90 Å². The number of nitrogens with one attached hydrogen (secondary N) is 1. The second kappa shape index (κ2) is 8.66. The number of nitrogens with zero attached hydrogens (tertiary/aromatic N) is 3. The SMILES string of the molecule is CC(C)C(NC(=O)c1cccc(S(=O)(=O)N2CCc3sccc3C2)c1)c1nc(C2CC2)no1. The van der Waals surface area contributed by atoms with E-state index in [0.717, 1.165) is 18.4 Å². The minimum absolute atomic E-state index is 0.0153. The summed E-state index contributed by atoms with van der Waals surface area (Å²) in [5.74, 6) is 1.06. The van der Waals surface area contributed by atoms with Gasteiger partial charge in [-0.25, -0.2) is 8.42 Å². The Morgan fingerprint density at radius 3 is 2.85 bits per heavy atom. The molecule has 0 bridgehead atoms. The zero-order valence-electron chi connectivity index (χ0n) is 18.5. The molecule has 1 N–H and O–H groups in total. The Morgan fingerprint density at radius 1 is 1.27 bits per heavy atom. The van der Waals surface area contributed by atoms with Crippen molar-refractivity contribution in [3.05, 3.63) is 63.4 Å². The summed E-state index contributed by atoms with van der Waals surface area (Å²) in [6.07, 6.45) is 2.82. The number of benzene rings is 1. The Balaban J connectivity index is 1.35. The smallest absolute Gasteiger partial charge is 0.251 e. The molecule has 1 aliphatic carbocycles. The molecule has 10 heteroatoms. The molecular weight excluding hydrogens is 460 g/mol. The van der Waals surface area contributed by atoms with Crippen molar-refractivity contribution >= 4 is 27.3 Å². The number of rotatable bonds is 7. The van der Waals surface area contributed by atoms with Gasteiger partial charge in [0, 0.05) is 29.4 Å². The van der Waals surface area contributed by atoms with Gasteiger partial charge in [-0.05, 0) is 60.4 Å². The van der Waals surface area contributed by atoms with E-state index in [-0.39, 0.29) is 22.3 Å². The highest BCUT2D eigenvalue weighted by atomic mass is 32.2. The average Bonchev–Trinajstić information content (AvgIpc) is 3.35.